The van der Waals surface area contributed by atoms with Crippen molar-refractivity contribution in [3.8, 4) is 0 Å². The first-order valence-electron chi connectivity index (χ1n) is 4.52. The van der Waals surface area contributed by atoms with Crippen molar-refractivity contribution in [1.29, 1.82) is 0 Å². The monoisotopic (exact) mass is 220 g/mol. The number of ether oxygens (including phenoxy) is 2. The Labute approximate surface area is 85.7 Å². The maximum Gasteiger partial charge on any atom is 0.324 e. The van der Waals surface area contributed by atoms with Gasteiger partial charge in [-0.15, -0.1) is 0 Å². The summed E-state index contributed by atoms with van der Waals surface area (Å²) >= 11 is 0. The lowest BCUT2D eigenvalue weighted by Crippen LogP contribution is -2.31. The van der Waals surface area contributed by atoms with E-state index in [1.165, 1.54) is 14.2 Å². The Morgan fingerprint density at radius 2 is 1.43 bits per heavy atom. The van der Waals surface area contributed by atoms with Gasteiger partial charge in [0.15, 0.2) is 5.66 Å². The quantitative estimate of drug-likeness (QED) is 0.397. The molecule has 0 amide bonds. The van der Waals surface area contributed by atoms with E-state index in [1.54, 1.807) is 0 Å². The van der Waals surface area contributed by atoms with E-state index >= 15 is 0 Å². The van der Waals surface area contributed by atoms with Crippen LogP contribution < -0.4 is 0 Å². The number of carbonyl (C=O) groups is 2. The predicted octanol–water partition coefficient (Wildman–Crippen LogP) is 1.22. The van der Waals surface area contributed by atoms with Gasteiger partial charge in [0.1, 0.15) is 0 Å². The molecule has 0 aliphatic rings. The summed E-state index contributed by atoms with van der Waals surface area (Å²) in [5.41, 5.74) is -0.713. The van der Waals surface area contributed by atoms with Crippen LogP contribution in [0.15, 0.2) is 0 Å². The first kappa shape index (κ1) is 13.4. The van der Waals surface area contributed by atoms with Crippen molar-refractivity contribution in [2.45, 2.75) is 19.5 Å². The highest BCUT2D eigenvalue weighted by molar-refractivity contribution is 7.60. The van der Waals surface area contributed by atoms with Gasteiger partial charge in [0.25, 0.3) is 0 Å². The third-order valence-electron chi connectivity index (χ3n) is 2.03. The van der Waals surface area contributed by atoms with Crippen LogP contribution in [0.4, 0.5) is 0 Å². The van der Waals surface area contributed by atoms with Crippen LogP contribution in [-0.2, 0) is 19.1 Å². The van der Waals surface area contributed by atoms with Crippen LogP contribution >= 0.6 is 7.92 Å². The zero-order valence-corrected chi connectivity index (χ0v) is 9.97. The highest BCUT2D eigenvalue weighted by Crippen LogP contribution is 2.41. The van der Waals surface area contributed by atoms with Crippen LogP contribution in [0, 0.1) is 0 Å². The lowest BCUT2D eigenvalue weighted by Gasteiger charge is -2.20. The lowest BCUT2D eigenvalue weighted by atomic mass is 10.4. The van der Waals surface area contributed by atoms with Gasteiger partial charge in [-0.25, -0.2) is 0 Å². The summed E-state index contributed by atoms with van der Waals surface area (Å²) in [5, 5.41) is 0. The van der Waals surface area contributed by atoms with Crippen LogP contribution in [0.5, 0.6) is 0 Å². The second-order valence-corrected chi connectivity index (χ2v) is 5.63. The second-order valence-electron chi connectivity index (χ2n) is 2.67. The van der Waals surface area contributed by atoms with Crippen molar-refractivity contribution in [2.75, 3.05) is 26.5 Å². The van der Waals surface area contributed by atoms with Crippen LogP contribution in [-0.4, -0.2) is 44.1 Å². The summed E-state index contributed by atoms with van der Waals surface area (Å²) in [6.45, 7) is 3.93. The van der Waals surface area contributed by atoms with Gasteiger partial charge in [-0.3, -0.25) is 9.59 Å². The minimum Gasteiger partial charge on any atom is -0.468 e. The summed E-state index contributed by atoms with van der Waals surface area (Å²) in [6.07, 6.45) is 1.64. The number of rotatable bonds is 5. The standard InChI is InChI=1S/C9H17O4P/c1-5-14(6-2)7(8(10)12-3)9(11)13-4/h7H,5-6H2,1-4H3. The summed E-state index contributed by atoms with van der Waals surface area (Å²) in [5.74, 6) is -0.960. The molecule has 4 nitrogen and oxygen atoms in total. The third-order valence-corrected chi connectivity index (χ3v) is 4.80. The molecule has 0 rings (SSSR count). The number of hydrogen-bond acceptors (Lipinski definition) is 4. The van der Waals surface area contributed by atoms with Crippen LogP contribution in [0.2, 0.25) is 0 Å². The third kappa shape index (κ3) is 3.26. The molecule has 0 saturated heterocycles. The number of hydrogen-bond donors (Lipinski definition) is 0. The molecule has 0 saturated carbocycles. The Hall–Kier alpha value is -0.630. The van der Waals surface area contributed by atoms with Gasteiger partial charge >= 0.3 is 11.9 Å². The molecule has 0 aromatic heterocycles. The normalized spacial score (nSPS) is 10.4. The molecule has 0 fully saturated rings. The molecule has 0 spiro atoms. The van der Waals surface area contributed by atoms with Crippen molar-refractivity contribution >= 4 is 19.9 Å². The van der Waals surface area contributed by atoms with Gasteiger partial charge in [0, 0.05) is 0 Å². The van der Waals surface area contributed by atoms with Crippen LogP contribution in [0.1, 0.15) is 13.8 Å². The SMILES string of the molecule is CCP(CC)C(C(=O)OC)C(=O)OC. The smallest absolute Gasteiger partial charge is 0.324 e. The van der Waals surface area contributed by atoms with E-state index in [1.807, 2.05) is 13.8 Å². The fraction of sp³-hybridized carbons (Fsp3) is 0.778. The average molecular weight is 220 g/mol. The molecule has 0 radical (unpaired) electrons. The van der Waals surface area contributed by atoms with Gasteiger partial charge in [-0.1, -0.05) is 21.8 Å². The molecule has 0 aliphatic heterocycles. The van der Waals surface area contributed by atoms with E-state index in [0.717, 1.165) is 12.3 Å². The van der Waals surface area contributed by atoms with Crippen molar-refractivity contribution < 1.29 is 19.1 Å². The Balaban J connectivity index is 4.69. The summed E-state index contributed by atoms with van der Waals surface area (Å²) in [4.78, 5) is 22.7. The van der Waals surface area contributed by atoms with E-state index < -0.39 is 25.5 Å². The first-order valence-corrected chi connectivity index (χ1v) is 6.30. The van der Waals surface area contributed by atoms with E-state index in [2.05, 4.69) is 9.47 Å². The molecule has 5 heteroatoms. The number of methoxy groups -OCH3 is 2. The molecule has 0 aliphatic carbocycles. The van der Waals surface area contributed by atoms with Crippen molar-refractivity contribution in [1.82, 2.24) is 0 Å². The Kier molecular flexibility index (Phi) is 6.46. The minimum atomic E-state index is -0.713. The second kappa shape index (κ2) is 6.77. The zero-order valence-electron chi connectivity index (χ0n) is 9.07. The van der Waals surface area contributed by atoms with Gasteiger partial charge in [0.05, 0.1) is 14.2 Å². The molecular weight excluding hydrogens is 203 g/mol. The predicted molar refractivity (Wildman–Crippen MR) is 55.8 cm³/mol. The number of carbonyl (C=O) groups excluding carboxylic acids is 2. The molecule has 0 N–H and O–H groups in total. The molecule has 0 aromatic rings. The molecule has 0 heterocycles. The van der Waals surface area contributed by atoms with Crippen LogP contribution in [0.3, 0.4) is 0 Å². The summed E-state index contributed by atoms with van der Waals surface area (Å²) in [6, 6.07) is 0. The molecule has 0 aromatic carbocycles. The maximum atomic E-state index is 11.4. The van der Waals surface area contributed by atoms with E-state index in [9.17, 15) is 9.59 Å². The highest BCUT2D eigenvalue weighted by atomic mass is 31.1. The molecule has 0 unspecified atom stereocenters. The molecule has 82 valence electrons. The van der Waals surface area contributed by atoms with Gasteiger partial charge in [0.2, 0.25) is 0 Å². The minimum absolute atomic E-state index is 0.480. The zero-order chi connectivity index (χ0) is 11.1. The molecule has 0 bridgehead atoms. The number of esters is 2. The van der Waals surface area contributed by atoms with Gasteiger partial charge < -0.3 is 9.47 Å². The fourth-order valence-corrected chi connectivity index (χ4v) is 3.19. The lowest BCUT2D eigenvalue weighted by molar-refractivity contribution is -0.150. The van der Waals surface area contributed by atoms with E-state index in [4.69, 9.17) is 0 Å². The van der Waals surface area contributed by atoms with Crippen molar-refractivity contribution in [3.05, 3.63) is 0 Å². The van der Waals surface area contributed by atoms with Gasteiger partial charge in [-0.05, 0) is 12.3 Å². The van der Waals surface area contributed by atoms with E-state index in [0.29, 0.717) is 0 Å². The fourth-order valence-electron chi connectivity index (χ4n) is 1.21. The average Bonchev–Trinajstić information content (AvgIpc) is 2.23. The van der Waals surface area contributed by atoms with Gasteiger partial charge in [-0.2, -0.15) is 0 Å². The van der Waals surface area contributed by atoms with E-state index in [-0.39, 0.29) is 0 Å². The van der Waals surface area contributed by atoms with Crippen LogP contribution in [0.25, 0.3) is 0 Å². The summed E-state index contributed by atoms with van der Waals surface area (Å²) in [7, 11) is 1.92. The highest BCUT2D eigenvalue weighted by Gasteiger charge is 2.34. The van der Waals surface area contributed by atoms with Crippen molar-refractivity contribution in [2.24, 2.45) is 0 Å². The maximum absolute atomic E-state index is 11.4. The molecule has 14 heavy (non-hydrogen) atoms. The first-order chi connectivity index (χ1) is 6.62. The Bertz CT molecular complexity index is 185. The summed E-state index contributed by atoms with van der Waals surface area (Å²) < 4.78 is 9.19. The largest absolute Gasteiger partial charge is 0.468 e. The molecular formula is C9H17O4P. The Morgan fingerprint density at radius 3 is 1.64 bits per heavy atom. The molecule has 0 atom stereocenters. The Morgan fingerprint density at radius 1 is 1.07 bits per heavy atom. The van der Waals surface area contributed by atoms with Crippen molar-refractivity contribution in [3.63, 3.8) is 0 Å². The topological polar surface area (TPSA) is 52.6 Å².